The number of aromatic amines is 1. The summed E-state index contributed by atoms with van der Waals surface area (Å²) >= 11 is 0. The van der Waals surface area contributed by atoms with E-state index < -0.39 is 0 Å². The lowest BCUT2D eigenvalue weighted by Crippen LogP contribution is -2.21. The molecule has 4 rings (SSSR count). The van der Waals surface area contributed by atoms with Crippen LogP contribution in [0.2, 0.25) is 0 Å². The Morgan fingerprint density at radius 3 is 2.57 bits per heavy atom. The molecule has 1 aromatic carbocycles. The normalized spacial score (nSPS) is 11.7. The summed E-state index contributed by atoms with van der Waals surface area (Å²) in [5.41, 5.74) is 9.17. The molecule has 0 aliphatic carbocycles. The van der Waals surface area contributed by atoms with Crippen molar-refractivity contribution in [1.29, 1.82) is 0 Å². The van der Waals surface area contributed by atoms with E-state index in [2.05, 4.69) is 25.4 Å². The smallest absolute Gasteiger partial charge is 0.293 e. The molecular formula is C20H21N7O. The molecule has 4 aromatic rings. The van der Waals surface area contributed by atoms with Gasteiger partial charge in [-0.3, -0.25) is 4.79 Å². The summed E-state index contributed by atoms with van der Waals surface area (Å²) in [6, 6.07) is 9.22. The number of benzene rings is 1. The summed E-state index contributed by atoms with van der Waals surface area (Å²) in [6.07, 6.45) is 5.24. The van der Waals surface area contributed by atoms with Crippen molar-refractivity contribution in [1.82, 2.24) is 24.7 Å². The van der Waals surface area contributed by atoms with Crippen LogP contribution in [-0.4, -0.2) is 30.6 Å². The number of rotatable bonds is 3. The fraction of sp³-hybridized carbons (Fsp3) is 0.200. The fourth-order valence-electron chi connectivity index (χ4n) is 3.01. The number of amides is 1. The third-order valence-corrected chi connectivity index (χ3v) is 4.37. The molecule has 142 valence electrons. The van der Waals surface area contributed by atoms with E-state index in [1.54, 1.807) is 17.1 Å². The van der Waals surface area contributed by atoms with Crippen molar-refractivity contribution in [3.8, 4) is 5.69 Å². The SMILES string of the molecule is CC(C)(C)c1nc(C(=O)Nc2ccc(-n3cccn3)cc2)nc2[nH]cc(N)c12. The van der Waals surface area contributed by atoms with Crippen LogP contribution < -0.4 is 11.1 Å². The predicted octanol–water partition coefficient (Wildman–Crippen LogP) is 3.28. The highest BCUT2D eigenvalue weighted by atomic mass is 16.2. The lowest BCUT2D eigenvalue weighted by atomic mass is 9.89. The van der Waals surface area contributed by atoms with Gasteiger partial charge in [0.05, 0.1) is 22.5 Å². The Kier molecular flexibility index (Phi) is 4.11. The highest BCUT2D eigenvalue weighted by molar-refractivity contribution is 6.03. The minimum Gasteiger partial charge on any atom is -0.397 e. The van der Waals surface area contributed by atoms with Crippen LogP contribution in [0.3, 0.4) is 0 Å². The molecule has 0 aliphatic heterocycles. The van der Waals surface area contributed by atoms with E-state index in [0.29, 0.717) is 17.0 Å². The summed E-state index contributed by atoms with van der Waals surface area (Å²) in [4.78, 5) is 24.6. The molecule has 3 aromatic heterocycles. The van der Waals surface area contributed by atoms with Crippen LogP contribution in [0, 0.1) is 0 Å². The van der Waals surface area contributed by atoms with E-state index >= 15 is 0 Å². The molecule has 0 unspecified atom stereocenters. The van der Waals surface area contributed by atoms with Crippen LogP contribution in [0.5, 0.6) is 0 Å². The molecule has 0 aliphatic rings. The van der Waals surface area contributed by atoms with E-state index in [1.807, 2.05) is 57.3 Å². The van der Waals surface area contributed by atoms with E-state index in [9.17, 15) is 4.79 Å². The number of nitrogens with one attached hydrogen (secondary N) is 2. The maximum Gasteiger partial charge on any atom is 0.293 e. The third kappa shape index (κ3) is 3.20. The van der Waals surface area contributed by atoms with Crippen molar-refractivity contribution in [2.24, 2.45) is 0 Å². The molecule has 28 heavy (non-hydrogen) atoms. The van der Waals surface area contributed by atoms with Gasteiger partial charge in [0.15, 0.2) is 0 Å². The molecule has 8 nitrogen and oxygen atoms in total. The second-order valence-corrected chi connectivity index (χ2v) is 7.57. The first kappa shape index (κ1) is 17.7. The van der Waals surface area contributed by atoms with Crippen molar-refractivity contribution in [2.45, 2.75) is 26.2 Å². The van der Waals surface area contributed by atoms with Gasteiger partial charge in [0.1, 0.15) is 5.65 Å². The maximum absolute atomic E-state index is 12.8. The van der Waals surface area contributed by atoms with Crippen LogP contribution in [0.15, 0.2) is 48.9 Å². The van der Waals surface area contributed by atoms with Crippen molar-refractivity contribution in [2.75, 3.05) is 11.1 Å². The predicted molar refractivity (Wildman–Crippen MR) is 109 cm³/mol. The van der Waals surface area contributed by atoms with Gasteiger partial charge in [0, 0.05) is 29.7 Å². The number of H-pyrrole nitrogens is 1. The number of carbonyl (C=O) groups excluding carboxylic acids is 1. The number of nitrogens with two attached hydrogens (primary N) is 1. The number of aromatic nitrogens is 5. The van der Waals surface area contributed by atoms with Gasteiger partial charge in [0.2, 0.25) is 5.82 Å². The average molecular weight is 375 g/mol. The lowest BCUT2D eigenvalue weighted by Gasteiger charge is -2.19. The highest BCUT2D eigenvalue weighted by Crippen LogP contribution is 2.31. The number of nitrogen functional groups attached to an aromatic ring is 1. The van der Waals surface area contributed by atoms with Crippen LogP contribution in [-0.2, 0) is 5.41 Å². The molecule has 4 N–H and O–H groups in total. The average Bonchev–Trinajstić information content (AvgIpc) is 3.31. The third-order valence-electron chi connectivity index (χ3n) is 4.37. The molecule has 0 bridgehead atoms. The van der Waals surface area contributed by atoms with Crippen molar-refractivity contribution >= 4 is 28.3 Å². The molecule has 0 saturated carbocycles. The second kappa shape index (κ2) is 6.49. The molecule has 8 heteroatoms. The molecular weight excluding hydrogens is 354 g/mol. The Bertz CT molecular complexity index is 1140. The fourth-order valence-corrected chi connectivity index (χ4v) is 3.01. The highest BCUT2D eigenvalue weighted by Gasteiger charge is 2.25. The number of hydrogen-bond acceptors (Lipinski definition) is 5. The first-order valence-corrected chi connectivity index (χ1v) is 8.89. The summed E-state index contributed by atoms with van der Waals surface area (Å²) in [5.74, 6) is -0.289. The number of fused-ring (bicyclic) bond motifs is 1. The van der Waals surface area contributed by atoms with E-state index in [1.165, 1.54) is 0 Å². The molecule has 0 atom stereocenters. The number of anilines is 2. The summed E-state index contributed by atoms with van der Waals surface area (Å²) in [5, 5.41) is 7.78. The minimum atomic E-state index is -0.382. The topological polar surface area (TPSA) is 115 Å². The Labute approximate surface area is 161 Å². The molecule has 3 heterocycles. The Morgan fingerprint density at radius 2 is 1.93 bits per heavy atom. The maximum atomic E-state index is 12.8. The van der Waals surface area contributed by atoms with Crippen molar-refractivity contribution in [3.05, 3.63) is 60.4 Å². The van der Waals surface area contributed by atoms with E-state index in [0.717, 1.165) is 16.8 Å². The van der Waals surface area contributed by atoms with Crippen LogP contribution >= 0.6 is 0 Å². The zero-order chi connectivity index (χ0) is 19.9. The minimum absolute atomic E-state index is 0.0930. The summed E-state index contributed by atoms with van der Waals surface area (Å²) in [7, 11) is 0. The van der Waals surface area contributed by atoms with Gasteiger partial charge < -0.3 is 16.0 Å². The quantitative estimate of drug-likeness (QED) is 0.508. The Morgan fingerprint density at radius 1 is 1.18 bits per heavy atom. The van der Waals surface area contributed by atoms with E-state index in [-0.39, 0.29) is 17.1 Å². The number of hydrogen-bond donors (Lipinski definition) is 3. The van der Waals surface area contributed by atoms with Gasteiger partial charge in [0.25, 0.3) is 5.91 Å². The standard InChI is InChI=1S/C20H21N7O/c1-20(2,3)16-15-14(21)11-22-17(15)26-18(25-16)19(28)24-12-5-7-13(8-6-12)27-10-4-9-23-27/h4-11H,21H2,1-3H3,(H,24,28)(H,22,25,26). The number of nitrogens with zero attached hydrogens (tertiary/aromatic N) is 4. The van der Waals surface area contributed by atoms with Crippen LogP contribution in [0.25, 0.3) is 16.7 Å². The van der Waals surface area contributed by atoms with Gasteiger partial charge >= 0.3 is 0 Å². The van der Waals surface area contributed by atoms with Gasteiger partial charge in [-0.15, -0.1) is 0 Å². The molecule has 1 amide bonds. The van der Waals surface area contributed by atoms with Crippen molar-refractivity contribution < 1.29 is 4.79 Å². The first-order valence-electron chi connectivity index (χ1n) is 8.89. The monoisotopic (exact) mass is 375 g/mol. The first-order chi connectivity index (χ1) is 13.3. The Balaban J connectivity index is 1.64. The van der Waals surface area contributed by atoms with Gasteiger partial charge in [-0.2, -0.15) is 5.10 Å². The molecule has 0 spiro atoms. The molecule has 0 fully saturated rings. The molecule has 0 saturated heterocycles. The van der Waals surface area contributed by atoms with Gasteiger partial charge in [-0.25, -0.2) is 14.6 Å². The number of carbonyl (C=O) groups is 1. The molecule has 0 radical (unpaired) electrons. The van der Waals surface area contributed by atoms with Gasteiger partial charge in [-0.1, -0.05) is 20.8 Å². The summed E-state index contributed by atoms with van der Waals surface area (Å²) < 4.78 is 1.74. The van der Waals surface area contributed by atoms with Crippen LogP contribution in [0.1, 0.15) is 37.1 Å². The van der Waals surface area contributed by atoms with Gasteiger partial charge in [-0.05, 0) is 30.3 Å². The van der Waals surface area contributed by atoms with E-state index in [4.69, 9.17) is 5.73 Å². The zero-order valence-corrected chi connectivity index (χ0v) is 15.9. The zero-order valence-electron chi connectivity index (χ0n) is 15.9. The van der Waals surface area contributed by atoms with Crippen LogP contribution in [0.4, 0.5) is 11.4 Å². The summed E-state index contributed by atoms with van der Waals surface area (Å²) in [6.45, 7) is 6.07. The Hall–Kier alpha value is -3.68. The second-order valence-electron chi connectivity index (χ2n) is 7.57. The largest absolute Gasteiger partial charge is 0.397 e. The lowest BCUT2D eigenvalue weighted by molar-refractivity contribution is 0.101. The van der Waals surface area contributed by atoms with Crippen molar-refractivity contribution in [3.63, 3.8) is 0 Å².